The Morgan fingerprint density at radius 3 is 2.95 bits per heavy atom. The van der Waals surface area contributed by atoms with E-state index in [1.165, 1.54) is 0 Å². The molecule has 1 aliphatic rings. The van der Waals surface area contributed by atoms with Gasteiger partial charge in [-0.15, -0.1) is 11.3 Å². The average Bonchev–Trinajstić information content (AvgIpc) is 2.96. The zero-order chi connectivity index (χ0) is 14.8. The molecule has 0 bridgehead atoms. The number of thiophene rings is 1. The van der Waals surface area contributed by atoms with Crippen LogP contribution >= 0.6 is 11.3 Å². The van der Waals surface area contributed by atoms with Crippen molar-refractivity contribution in [2.45, 2.75) is 57.8 Å². The fourth-order valence-electron chi connectivity index (χ4n) is 2.50. The molecule has 0 aromatic carbocycles. The van der Waals surface area contributed by atoms with E-state index < -0.39 is 11.7 Å². The molecule has 2 heterocycles. The van der Waals surface area contributed by atoms with E-state index in [0.717, 1.165) is 24.3 Å². The molecule has 0 radical (unpaired) electrons. The second-order valence-electron chi connectivity index (χ2n) is 6.24. The highest BCUT2D eigenvalue weighted by Gasteiger charge is 2.33. The fourth-order valence-corrected chi connectivity index (χ4v) is 3.22. The molecular weight excluding hydrogens is 274 g/mol. The molecule has 1 amide bonds. The summed E-state index contributed by atoms with van der Waals surface area (Å²) in [7, 11) is 0. The maximum absolute atomic E-state index is 12.2. The summed E-state index contributed by atoms with van der Waals surface area (Å²) in [6.45, 7) is 6.33. The molecule has 1 aromatic rings. The molecule has 2 unspecified atom stereocenters. The van der Waals surface area contributed by atoms with E-state index in [0.29, 0.717) is 6.42 Å². The van der Waals surface area contributed by atoms with E-state index >= 15 is 0 Å². The van der Waals surface area contributed by atoms with Gasteiger partial charge >= 0.3 is 6.09 Å². The lowest BCUT2D eigenvalue weighted by molar-refractivity contribution is 0.0180. The Bertz CT molecular complexity index is 438. The van der Waals surface area contributed by atoms with Gasteiger partial charge in [0, 0.05) is 17.5 Å². The molecule has 1 N–H and O–H groups in total. The first kappa shape index (κ1) is 15.3. The molecule has 5 heteroatoms. The molecule has 1 saturated heterocycles. The van der Waals surface area contributed by atoms with Gasteiger partial charge in [-0.2, -0.15) is 0 Å². The number of ether oxygens (including phenoxy) is 1. The van der Waals surface area contributed by atoms with Gasteiger partial charge in [0.15, 0.2) is 0 Å². The first-order valence-electron chi connectivity index (χ1n) is 7.08. The van der Waals surface area contributed by atoms with Crippen LogP contribution in [0.4, 0.5) is 4.79 Å². The molecular formula is C15H23NO3S. The van der Waals surface area contributed by atoms with Crippen molar-refractivity contribution < 1.29 is 14.6 Å². The number of amides is 1. The van der Waals surface area contributed by atoms with Gasteiger partial charge in [-0.05, 0) is 51.5 Å². The van der Waals surface area contributed by atoms with E-state index in [2.05, 4.69) is 0 Å². The summed E-state index contributed by atoms with van der Waals surface area (Å²) in [5, 5.41) is 12.2. The molecule has 0 aliphatic carbocycles. The van der Waals surface area contributed by atoms with Crippen molar-refractivity contribution in [3.63, 3.8) is 0 Å². The Kier molecular flexibility index (Phi) is 4.70. The Balaban J connectivity index is 1.95. The van der Waals surface area contributed by atoms with E-state index in [4.69, 9.17) is 4.74 Å². The smallest absolute Gasteiger partial charge is 0.410 e. The van der Waals surface area contributed by atoms with Crippen molar-refractivity contribution in [3.05, 3.63) is 22.4 Å². The first-order chi connectivity index (χ1) is 9.37. The third kappa shape index (κ3) is 3.96. The topological polar surface area (TPSA) is 49.8 Å². The van der Waals surface area contributed by atoms with Crippen molar-refractivity contribution in [3.8, 4) is 0 Å². The maximum Gasteiger partial charge on any atom is 0.410 e. The summed E-state index contributed by atoms with van der Waals surface area (Å²) in [5.41, 5.74) is -0.476. The van der Waals surface area contributed by atoms with Gasteiger partial charge in [-0.1, -0.05) is 6.07 Å². The van der Waals surface area contributed by atoms with Gasteiger partial charge in [0.05, 0.1) is 6.10 Å². The number of rotatable bonds is 3. The largest absolute Gasteiger partial charge is 0.444 e. The lowest BCUT2D eigenvalue weighted by Crippen LogP contribution is -2.40. The number of carbonyl (C=O) groups excluding carboxylic acids is 1. The predicted octanol–water partition coefficient (Wildman–Crippen LogP) is 3.57. The Morgan fingerprint density at radius 2 is 2.35 bits per heavy atom. The molecule has 1 fully saturated rings. The van der Waals surface area contributed by atoms with Crippen LogP contribution < -0.4 is 0 Å². The predicted molar refractivity (Wildman–Crippen MR) is 79.9 cm³/mol. The molecule has 0 spiro atoms. The minimum Gasteiger partial charge on any atom is -0.444 e. The molecule has 2 rings (SSSR count). The number of aliphatic hydroxyl groups excluding tert-OH is 1. The zero-order valence-corrected chi connectivity index (χ0v) is 13.2. The minimum absolute atomic E-state index is 0.0712. The molecule has 112 valence electrons. The zero-order valence-electron chi connectivity index (χ0n) is 12.3. The third-order valence-corrected chi connectivity index (χ3v) is 4.35. The van der Waals surface area contributed by atoms with Crippen molar-refractivity contribution in [1.29, 1.82) is 0 Å². The van der Waals surface area contributed by atoms with Crippen LogP contribution in [0, 0.1) is 0 Å². The summed E-state index contributed by atoms with van der Waals surface area (Å²) in [4.78, 5) is 14.9. The monoisotopic (exact) mass is 297 g/mol. The van der Waals surface area contributed by atoms with Crippen LogP contribution in [0.5, 0.6) is 0 Å². The number of hydrogen-bond donors (Lipinski definition) is 1. The normalized spacial score (nSPS) is 21.0. The summed E-state index contributed by atoms with van der Waals surface area (Å²) in [5.74, 6) is 0. The first-order valence-corrected chi connectivity index (χ1v) is 7.96. The van der Waals surface area contributed by atoms with Crippen LogP contribution in [0.3, 0.4) is 0 Å². The van der Waals surface area contributed by atoms with Crippen molar-refractivity contribution in [2.24, 2.45) is 0 Å². The van der Waals surface area contributed by atoms with Gasteiger partial charge in [0.25, 0.3) is 0 Å². The van der Waals surface area contributed by atoms with Gasteiger partial charge in [0.1, 0.15) is 5.60 Å². The Hall–Kier alpha value is -1.07. The number of carbonyl (C=O) groups is 1. The van der Waals surface area contributed by atoms with Crippen LogP contribution in [0.1, 0.15) is 51.0 Å². The van der Waals surface area contributed by atoms with Crippen LogP contribution in [-0.2, 0) is 4.74 Å². The van der Waals surface area contributed by atoms with Crippen molar-refractivity contribution >= 4 is 17.4 Å². The second-order valence-corrected chi connectivity index (χ2v) is 7.22. The average molecular weight is 297 g/mol. The van der Waals surface area contributed by atoms with Gasteiger partial charge in [0.2, 0.25) is 0 Å². The minimum atomic E-state index is -0.497. The summed E-state index contributed by atoms with van der Waals surface area (Å²) >= 11 is 1.55. The Morgan fingerprint density at radius 1 is 1.60 bits per heavy atom. The van der Waals surface area contributed by atoms with E-state index in [1.807, 2.05) is 38.3 Å². The fraction of sp³-hybridized carbons (Fsp3) is 0.667. The summed E-state index contributed by atoms with van der Waals surface area (Å²) in [6, 6.07) is 3.94. The molecule has 0 saturated carbocycles. The number of likely N-dealkylation sites (tertiary alicyclic amines) is 1. The lowest BCUT2D eigenvalue weighted by atomic mass is 10.1. The highest BCUT2D eigenvalue weighted by Crippen LogP contribution is 2.30. The van der Waals surface area contributed by atoms with Crippen LogP contribution in [-0.4, -0.2) is 34.3 Å². The molecule has 1 aliphatic heterocycles. The number of hydrogen-bond acceptors (Lipinski definition) is 4. The molecule has 20 heavy (non-hydrogen) atoms. The molecule has 2 atom stereocenters. The van der Waals surface area contributed by atoms with Crippen molar-refractivity contribution in [1.82, 2.24) is 4.90 Å². The van der Waals surface area contributed by atoms with Gasteiger partial charge in [-0.25, -0.2) is 4.79 Å². The number of nitrogens with zero attached hydrogens (tertiary/aromatic N) is 1. The third-order valence-electron chi connectivity index (χ3n) is 3.37. The molecule has 1 aromatic heterocycles. The van der Waals surface area contributed by atoms with Crippen LogP contribution in [0.25, 0.3) is 0 Å². The summed E-state index contributed by atoms with van der Waals surface area (Å²) < 4.78 is 5.43. The standard InChI is InChI=1S/C15H23NO3S/c1-15(2,3)19-14(18)16-8-4-6-11(16)10-12(17)13-7-5-9-20-13/h5,7,9,11-12,17H,4,6,8,10H2,1-3H3. The van der Waals surface area contributed by atoms with Crippen LogP contribution in [0.2, 0.25) is 0 Å². The van der Waals surface area contributed by atoms with E-state index in [9.17, 15) is 9.90 Å². The van der Waals surface area contributed by atoms with Gasteiger partial charge in [-0.3, -0.25) is 0 Å². The van der Waals surface area contributed by atoms with E-state index in [-0.39, 0.29) is 12.1 Å². The maximum atomic E-state index is 12.2. The Labute approximate surface area is 124 Å². The molecule has 4 nitrogen and oxygen atoms in total. The number of aliphatic hydroxyl groups is 1. The highest BCUT2D eigenvalue weighted by atomic mass is 32.1. The van der Waals surface area contributed by atoms with Crippen LogP contribution in [0.15, 0.2) is 17.5 Å². The lowest BCUT2D eigenvalue weighted by Gasteiger charge is -2.29. The van der Waals surface area contributed by atoms with Crippen molar-refractivity contribution in [2.75, 3.05) is 6.54 Å². The quantitative estimate of drug-likeness (QED) is 0.928. The van der Waals surface area contributed by atoms with Gasteiger partial charge < -0.3 is 14.7 Å². The second kappa shape index (κ2) is 6.14. The van der Waals surface area contributed by atoms with E-state index in [1.54, 1.807) is 16.2 Å². The SMILES string of the molecule is CC(C)(C)OC(=O)N1CCCC1CC(O)c1cccs1. The summed E-state index contributed by atoms with van der Waals surface area (Å²) in [6.07, 6.45) is 1.73. The highest BCUT2D eigenvalue weighted by molar-refractivity contribution is 7.10.